The van der Waals surface area contributed by atoms with Gasteiger partial charge in [-0.15, -0.1) is 0 Å². The highest BCUT2D eigenvalue weighted by atomic mass is 16.5. The van der Waals surface area contributed by atoms with E-state index in [9.17, 15) is 0 Å². The zero-order valence-electron chi connectivity index (χ0n) is 13.0. The van der Waals surface area contributed by atoms with Gasteiger partial charge in [0.05, 0.1) is 0 Å². The highest BCUT2D eigenvalue weighted by molar-refractivity contribution is 4.88. The molecule has 0 radical (unpaired) electrons. The van der Waals surface area contributed by atoms with Crippen molar-refractivity contribution in [1.82, 2.24) is 10.2 Å². The van der Waals surface area contributed by atoms with Gasteiger partial charge in [-0.1, -0.05) is 13.8 Å². The summed E-state index contributed by atoms with van der Waals surface area (Å²) in [5.41, 5.74) is 0. The summed E-state index contributed by atoms with van der Waals surface area (Å²) in [6.07, 6.45) is 5.15. The molecule has 2 heterocycles. The molecule has 19 heavy (non-hydrogen) atoms. The van der Waals surface area contributed by atoms with Crippen LogP contribution in [0.1, 0.15) is 46.5 Å². The number of hydrogen-bond donors (Lipinski definition) is 1. The Balaban J connectivity index is 1.74. The summed E-state index contributed by atoms with van der Waals surface area (Å²) in [7, 11) is 0. The molecule has 2 aliphatic rings. The highest BCUT2D eigenvalue weighted by Gasteiger charge is 2.32. The van der Waals surface area contributed by atoms with Crippen molar-refractivity contribution in [3.63, 3.8) is 0 Å². The van der Waals surface area contributed by atoms with Gasteiger partial charge in [-0.25, -0.2) is 0 Å². The summed E-state index contributed by atoms with van der Waals surface area (Å²) in [4.78, 5) is 2.70. The minimum Gasteiger partial charge on any atom is -0.381 e. The Kier molecular flexibility index (Phi) is 6.11. The number of rotatable bonds is 6. The first-order valence-electron chi connectivity index (χ1n) is 8.27. The van der Waals surface area contributed by atoms with Crippen LogP contribution in [0.3, 0.4) is 0 Å². The Bertz CT molecular complexity index is 253. The van der Waals surface area contributed by atoms with Crippen molar-refractivity contribution in [3.8, 4) is 0 Å². The van der Waals surface area contributed by atoms with Crippen LogP contribution in [0.5, 0.6) is 0 Å². The quantitative estimate of drug-likeness (QED) is 0.801. The van der Waals surface area contributed by atoms with Gasteiger partial charge in [-0.3, -0.25) is 0 Å². The number of piperidine rings is 1. The number of nitrogens with zero attached hydrogens (tertiary/aromatic N) is 1. The van der Waals surface area contributed by atoms with E-state index in [1.807, 2.05) is 0 Å². The first kappa shape index (κ1) is 15.3. The van der Waals surface area contributed by atoms with Crippen molar-refractivity contribution >= 4 is 0 Å². The zero-order valence-corrected chi connectivity index (χ0v) is 13.0. The normalized spacial score (nSPS) is 36.8. The van der Waals surface area contributed by atoms with E-state index in [2.05, 4.69) is 31.0 Å². The lowest BCUT2D eigenvalue weighted by Crippen LogP contribution is -2.53. The van der Waals surface area contributed by atoms with Gasteiger partial charge in [0.2, 0.25) is 0 Å². The van der Waals surface area contributed by atoms with Gasteiger partial charge in [0.15, 0.2) is 0 Å². The van der Waals surface area contributed by atoms with E-state index >= 15 is 0 Å². The molecule has 4 atom stereocenters. The lowest BCUT2D eigenvalue weighted by atomic mass is 9.86. The Hall–Kier alpha value is -0.120. The standard InChI is InChI=1S/C16H32N2O/c1-4-8-17-16-6-10-18(14(3)13(16)2)9-5-15-7-11-19-12-15/h13-17H,4-12H2,1-3H3. The van der Waals surface area contributed by atoms with E-state index in [0.29, 0.717) is 6.04 Å². The third-order valence-corrected chi connectivity index (χ3v) is 5.20. The van der Waals surface area contributed by atoms with Crippen LogP contribution in [0.2, 0.25) is 0 Å². The van der Waals surface area contributed by atoms with Gasteiger partial charge in [0.1, 0.15) is 0 Å². The number of nitrogens with one attached hydrogen (secondary N) is 1. The third-order valence-electron chi connectivity index (χ3n) is 5.20. The lowest BCUT2D eigenvalue weighted by molar-refractivity contribution is 0.0782. The van der Waals surface area contributed by atoms with Crippen LogP contribution in [-0.2, 0) is 4.74 Å². The van der Waals surface area contributed by atoms with Gasteiger partial charge >= 0.3 is 0 Å². The molecule has 0 amide bonds. The van der Waals surface area contributed by atoms with Crippen molar-refractivity contribution in [3.05, 3.63) is 0 Å². The molecule has 2 saturated heterocycles. The topological polar surface area (TPSA) is 24.5 Å². The minimum absolute atomic E-state index is 0.713. The molecule has 112 valence electrons. The molecule has 3 heteroatoms. The summed E-state index contributed by atoms with van der Waals surface area (Å²) in [5.74, 6) is 1.58. The average Bonchev–Trinajstić information content (AvgIpc) is 2.92. The fourth-order valence-corrected chi connectivity index (χ4v) is 3.53. The molecule has 0 saturated carbocycles. The van der Waals surface area contributed by atoms with Gasteiger partial charge in [0, 0.05) is 25.3 Å². The summed E-state index contributed by atoms with van der Waals surface area (Å²) in [5, 5.41) is 3.72. The maximum absolute atomic E-state index is 5.48. The van der Waals surface area contributed by atoms with Crippen molar-refractivity contribution in [1.29, 1.82) is 0 Å². The maximum Gasteiger partial charge on any atom is 0.0495 e. The molecule has 2 aliphatic heterocycles. The number of ether oxygens (including phenoxy) is 1. The Morgan fingerprint density at radius 2 is 2.11 bits per heavy atom. The van der Waals surface area contributed by atoms with Crippen molar-refractivity contribution < 1.29 is 4.74 Å². The van der Waals surface area contributed by atoms with E-state index in [1.165, 1.54) is 45.3 Å². The smallest absolute Gasteiger partial charge is 0.0495 e. The summed E-state index contributed by atoms with van der Waals surface area (Å²) in [6, 6.07) is 1.44. The van der Waals surface area contributed by atoms with Crippen molar-refractivity contribution in [2.24, 2.45) is 11.8 Å². The van der Waals surface area contributed by atoms with Crippen LogP contribution in [0.4, 0.5) is 0 Å². The number of hydrogen-bond acceptors (Lipinski definition) is 3. The van der Waals surface area contributed by atoms with Crippen LogP contribution in [-0.4, -0.2) is 49.8 Å². The van der Waals surface area contributed by atoms with Crippen LogP contribution in [0.15, 0.2) is 0 Å². The summed E-state index contributed by atoms with van der Waals surface area (Å²) in [6.45, 7) is 12.8. The molecule has 2 fully saturated rings. The van der Waals surface area contributed by atoms with Gasteiger partial charge in [0.25, 0.3) is 0 Å². The zero-order chi connectivity index (χ0) is 13.7. The first-order valence-corrected chi connectivity index (χ1v) is 8.27. The third kappa shape index (κ3) is 4.17. The van der Waals surface area contributed by atoms with E-state index in [4.69, 9.17) is 4.74 Å². The second-order valence-electron chi connectivity index (χ2n) is 6.50. The van der Waals surface area contributed by atoms with Crippen LogP contribution in [0.25, 0.3) is 0 Å². The van der Waals surface area contributed by atoms with Gasteiger partial charge < -0.3 is 15.0 Å². The molecule has 0 aromatic rings. The Morgan fingerprint density at radius 3 is 2.79 bits per heavy atom. The molecule has 1 N–H and O–H groups in total. The second kappa shape index (κ2) is 7.61. The molecule has 4 unspecified atom stereocenters. The van der Waals surface area contributed by atoms with E-state index in [-0.39, 0.29) is 0 Å². The van der Waals surface area contributed by atoms with E-state index in [0.717, 1.165) is 31.1 Å². The lowest BCUT2D eigenvalue weighted by Gasteiger charge is -2.43. The molecule has 0 bridgehead atoms. The number of likely N-dealkylation sites (tertiary alicyclic amines) is 1. The van der Waals surface area contributed by atoms with E-state index < -0.39 is 0 Å². The Morgan fingerprint density at radius 1 is 1.26 bits per heavy atom. The summed E-state index contributed by atoms with van der Waals surface area (Å²) < 4.78 is 5.48. The fourth-order valence-electron chi connectivity index (χ4n) is 3.53. The largest absolute Gasteiger partial charge is 0.381 e. The maximum atomic E-state index is 5.48. The predicted molar refractivity (Wildman–Crippen MR) is 80.4 cm³/mol. The SMILES string of the molecule is CCCNC1CCN(CCC2CCOC2)C(C)C1C. The van der Waals surface area contributed by atoms with Crippen LogP contribution >= 0.6 is 0 Å². The van der Waals surface area contributed by atoms with Crippen molar-refractivity contribution in [2.75, 3.05) is 32.8 Å². The van der Waals surface area contributed by atoms with Gasteiger partial charge in [-0.2, -0.15) is 0 Å². The summed E-state index contributed by atoms with van der Waals surface area (Å²) >= 11 is 0. The van der Waals surface area contributed by atoms with Crippen molar-refractivity contribution in [2.45, 2.75) is 58.5 Å². The molecule has 0 aromatic heterocycles. The first-order chi connectivity index (χ1) is 9.22. The molecule has 3 nitrogen and oxygen atoms in total. The van der Waals surface area contributed by atoms with Crippen LogP contribution in [0, 0.1) is 11.8 Å². The molecule has 0 aromatic carbocycles. The van der Waals surface area contributed by atoms with Gasteiger partial charge in [-0.05, 0) is 64.1 Å². The Labute approximate surface area is 119 Å². The predicted octanol–water partition coefficient (Wildman–Crippen LogP) is 2.51. The second-order valence-corrected chi connectivity index (χ2v) is 6.50. The fraction of sp³-hybridized carbons (Fsp3) is 1.00. The van der Waals surface area contributed by atoms with Crippen LogP contribution < -0.4 is 5.32 Å². The molecule has 0 spiro atoms. The van der Waals surface area contributed by atoms with E-state index in [1.54, 1.807) is 0 Å². The molecular weight excluding hydrogens is 236 g/mol. The average molecular weight is 268 g/mol. The highest BCUT2D eigenvalue weighted by Crippen LogP contribution is 2.25. The molecular formula is C16H32N2O. The molecule has 0 aliphatic carbocycles. The molecule has 2 rings (SSSR count). The monoisotopic (exact) mass is 268 g/mol. The minimum atomic E-state index is 0.713.